The predicted octanol–water partition coefficient (Wildman–Crippen LogP) is 6.12. The highest BCUT2D eigenvalue weighted by Crippen LogP contribution is 2.28. The Labute approximate surface area is 207 Å². The molecule has 0 saturated heterocycles. The molecular formula is C27H36N4O2S. The van der Waals surface area contributed by atoms with Crippen LogP contribution in [0.15, 0.2) is 41.8 Å². The molecule has 0 unspecified atom stereocenters. The summed E-state index contributed by atoms with van der Waals surface area (Å²) >= 11 is 1.40. The van der Waals surface area contributed by atoms with Crippen LogP contribution in [0.1, 0.15) is 73.4 Å². The van der Waals surface area contributed by atoms with Gasteiger partial charge in [0.15, 0.2) is 0 Å². The minimum absolute atomic E-state index is 0.00333. The number of carbonyl (C=O) groups is 2. The molecule has 0 fully saturated rings. The van der Waals surface area contributed by atoms with E-state index in [4.69, 9.17) is 5.10 Å². The number of carbonyl (C=O) groups excluding carboxylic acids is 2. The van der Waals surface area contributed by atoms with Crippen molar-refractivity contribution in [1.82, 2.24) is 14.7 Å². The van der Waals surface area contributed by atoms with Crippen molar-refractivity contribution in [1.29, 1.82) is 0 Å². The second-order valence-electron chi connectivity index (χ2n) is 9.83. The van der Waals surface area contributed by atoms with Gasteiger partial charge in [-0.25, -0.2) is 4.68 Å². The summed E-state index contributed by atoms with van der Waals surface area (Å²) < 4.78 is 1.80. The van der Waals surface area contributed by atoms with E-state index in [9.17, 15) is 9.59 Å². The standard InChI is InChI=1S/C27H36N4O2S/c1-7-8-9-14-30(26(33)22-11-10-15-34-22)18-25(32)28-24-17-23(27(4,5)6)29-31(24)21-13-12-19(2)16-20(21)3/h10-13,15-17H,7-9,14,18H2,1-6H3,(H,28,32). The first-order chi connectivity index (χ1) is 16.1. The van der Waals surface area contributed by atoms with E-state index in [1.807, 2.05) is 42.6 Å². The smallest absolute Gasteiger partial charge is 0.264 e. The molecule has 0 radical (unpaired) electrons. The van der Waals surface area contributed by atoms with Gasteiger partial charge >= 0.3 is 0 Å². The van der Waals surface area contributed by atoms with E-state index in [0.717, 1.165) is 36.2 Å². The molecule has 7 heteroatoms. The van der Waals surface area contributed by atoms with E-state index in [1.54, 1.807) is 9.58 Å². The number of aromatic nitrogens is 2. The Bertz CT molecular complexity index is 1130. The summed E-state index contributed by atoms with van der Waals surface area (Å²) in [4.78, 5) is 28.5. The average molecular weight is 481 g/mol. The van der Waals surface area contributed by atoms with Crippen LogP contribution in [0.3, 0.4) is 0 Å². The molecule has 3 aromatic rings. The van der Waals surface area contributed by atoms with Crippen molar-refractivity contribution < 1.29 is 9.59 Å². The number of hydrogen-bond donors (Lipinski definition) is 1. The Kier molecular flexibility index (Phi) is 8.31. The topological polar surface area (TPSA) is 67.2 Å². The number of amides is 2. The zero-order valence-corrected chi connectivity index (χ0v) is 22.0. The van der Waals surface area contributed by atoms with Crippen LogP contribution in [0.5, 0.6) is 0 Å². The lowest BCUT2D eigenvalue weighted by molar-refractivity contribution is -0.116. The van der Waals surface area contributed by atoms with Crippen LogP contribution in [0.25, 0.3) is 5.69 Å². The Morgan fingerprint density at radius 1 is 1.12 bits per heavy atom. The summed E-state index contributed by atoms with van der Waals surface area (Å²) in [5.41, 5.74) is 3.88. The SMILES string of the molecule is CCCCCN(CC(=O)Nc1cc(C(C)(C)C)nn1-c1ccc(C)cc1C)C(=O)c1cccs1. The zero-order valence-electron chi connectivity index (χ0n) is 21.1. The van der Waals surface area contributed by atoms with Gasteiger partial charge in [0.1, 0.15) is 12.4 Å². The molecule has 0 aliphatic carbocycles. The summed E-state index contributed by atoms with van der Waals surface area (Å²) in [5, 5.41) is 9.75. The fraction of sp³-hybridized carbons (Fsp3) is 0.444. The number of rotatable bonds is 9. The molecule has 0 aliphatic heterocycles. The molecule has 1 N–H and O–H groups in total. The van der Waals surface area contributed by atoms with Crippen molar-refractivity contribution in [2.75, 3.05) is 18.4 Å². The molecule has 0 bridgehead atoms. The molecule has 1 aromatic carbocycles. The number of aryl methyl sites for hydroxylation is 2. The van der Waals surface area contributed by atoms with E-state index in [2.05, 4.69) is 46.0 Å². The lowest BCUT2D eigenvalue weighted by atomic mass is 9.92. The van der Waals surface area contributed by atoms with Crippen molar-refractivity contribution in [3.05, 3.63) is 63.5 Å². The molecule has 3 rings (SSSR count). The van der Waals surface area contributed by atoms with E-state index >= 15 is 0 Å². The third-order valence-corrected chi connectivity index (χ3v) is 6.57. The molecule has 6 nitrogen and oxygen atoms in total. The molecule has 0 atom stereocenters. The van der Waals surface area contributed by atoms with Gasteiger partial charge in [0, 0.05) is 18.0 Å². The Balaban J connectivity index is 1.86. The van der Waals surface area contributed by atoms with E-state index < -0.39 is 0 Å². The van der Waals surface area contributed by atoms with Crippen LogP contribution in [-0.4, -0.2) is 39.6 Å². The summed E-state index contributed by atoms with van der Waals surface area (Å²) in [6.07, 6.45) is 2.94. The van der Waals surface area contributed by atoms with Crippen molar-refractivity contribution >= 4 is 29.0 Å². The maximum atomic E-state index is 13.2. The molecular weight excluding hydrogens is 444 g/mol. The largest absolute Gasteiger partial charge is 0.329 e. The summed E-state index contributed by atoms with van der Waals surface area (Å²) in [6, 6.07) is 11.8. The summed E-state index contributed by atoms with van der Waals surface area (Å²) in [7, 11) is 0. The van der Waals surface area contributed by atoms with Gasteiger partial charge < -0.3 is 10.2 Å². The van der Waals surface area contributed by atoms with Crippen molar-refractivity contribution in [2.24, 2.45) is 0 Å². The first-order valence-electron chi connectivity index (χ1n) is 11.9. The lowest BCUT2D eigenvalue weighted by Crippen LogP contribution is -2.38. The predicted molar refractivity (Wildman–Crippen MR) is 140 cm³/mol. The van der Waals surface area contributed by atoms with Gasteiger partial charge in [0.05, 0.1) is 16.3 Å². The minimum Gasteiger partial charge on any atom is -0.329 e. The van der Waals surface area contributed by atoms with E-state index in [0.29, 0.717) is 17.2 Å². The maximum Gasteiger partial charge on any atom is 0.264 e. The molecule has 2 heterocycles. The van der Waals surface area contributed by atoms with Crippen LogP contribution < -0.4 is 5.32 Å². The van der Waals surface area contributed by atoms with E-state index in [-0.39, 0.29) is 23.8 Å². The highest BCUT2D eigenvalue weighted by Gasteiger charge is 2.24. The van der Waals surface area contributed by atoms with Crippen LogP contribution in [-0.2, 0) is 10.2 Å². The quantitative estimate of drug-likeness (QED) is 0.375. The fourth-order valence-corrected chi connectivity index (χ4v) is 4.47. The summed E-state index contributed by atoms with van der Waals surface area (Å²) in [6.45, 7) is 13.1. The molecule has 182 valence electrons. The Morgan fingerprint density at radius 3 is 2.50 bits per heavy atom. The molecule has 2 amide bonds. The van der Waals surface area contributed by atoms with Gasteiger partial charge in [0.2, 0.25) is 5.91 Å². The molecule has 0 spiro atoms. The highest BCUT2D eigenvalue weighted by atomic mass is 32.1. The van der Waals surface area contributed by atoms with Crippen molar-refractivity contribution in [3.8, 4) is 5.69 Å². The van der Waals surface area contributed by atoms with Crippen LogP contribution in [0.2, 0.25) is 0 Å². The van der Waals surface area contributed by atoms with Gasteiger partial charge in [-0.2, -0.15) is 5.10 Å². The second kappa shape index (κ2) is 11.0. The van der Waals surface area contributed by atoms with Crippen LogP contribution in [0, 0.1) is 13.8 Å². The average Bonchev–Trinajstić information content (AvgIpc) is 3.43. The number of thiophene rings is 1. The Morgan fingerprint density at radius 2 is 1.88 bits per heavy atom. The molecule has 34 heavy (non-hydrogen) atoms. The van der Waals surface area contributed by atoms with Gasteiger partial charge in [-0.15, -0.1) is 11.3 Å². The van der Waals surface area contributed by atoms with Gasteiger partial charge in [-0.1, -0.05) is 64.3 Å². The normalized spacial score (nSPS) is 11.5. The zero-order chi connectivity index (χ0) is 24.9. The summed E-state index contributed by atoms with van der Waals surface area (Å²) in [5.74, 6) is 0.284. The second-order valence-corrected chi connectivity index (χ2v) is 10.8. The minimum atomic E-state index is -0.229. The highest BCUT2D eigenvalue weighted by molar-refractivity contribution is 7.12. The number of nitrogens with zero attached hydrogens (tertiary/aromatic N) is 3. The number of benzene rings is 1. The monoisotopic (exact) mass is 480 g/mol. The van der Waals surface area contributed by atoms with Gasteiger partial charge in [-0.05, 0) is 43.3 Å². The molecule has 0 saturated carbocycles. The van der Waals surface area contributed by atoms with E-state index in [1.165, 1.54) is 16.9 Å². The van der Waals surface area contributed by atoms with Crippen molar-refractivity contribution in [2.45, 2.75) is 66.2 Å². The Hall–Kier alpha value is -2.93. The fourth-order valence-electron chi connectivity index (χ4n) is 3.78. The molecule has 2 aromatic heterocycles. The number of hydrogen-bond acceptors (Lipinski definition) is 4. The number of nitrogens with one attached hydrogen (secondary N) is 1. The number of unbranched alkanes of at least 4 members (excludes halogenated alkanes) is 2. The van der Waals surface area contributed by atoms with Crippen LogP contribution in [0.4, 0.5) is 5.82 Å². The van der Waals surface area contributed by atoms with Crippen LogP contribution >= 0.6 is 11.3 Å². The first kappa shape index (κ1) is 25.7. The number of anilines is 1. The van der Waals surface area contributed by atoms with Crippen molar-refractivity contribution in [3.63, 3.8) is 0 Å². The van der Waals surface area contributed by atoms with Gasteiger partial charge in [0.25, 0.3) is 5.91 Å². The molecule has 0 aliphatic rings. The third-order valence-electron chi connectivity index (χ3n) is 5.71. The first-order valence-corrected chi connectivity index (χ1v) is 12.8. The van der Waals surface area contributed by atoms with Gasteiger partial charge in [-0.3, -0.25) is 9.59 Å². The maximum absolute atomic E-state index is 13.2. The third kappa shape index (κ3) is 6.35. The lowest BCUT2D eigenvalue weighted by Gasteiger charge is -2.22.